The Labute approximate surface area is 199 Å². The van der Waals surface area contributed by atoms with Gasteiger partial charge in [0.1, 0.15) is 0 Å². The first kappa shape index (κ1) is 22.9. The third-order valence-electron chi connectivity index (χ3n) is 4.73. The quantitative estimate of drug-likeness (QED) is 0.301. The summed E-state index contributed by atoms with van der Waals surface area (Å²) in [6.07, 6.45) is 2.73. The minimum atomic E-state index is 0. The molecule has 1 aromatic carbocycles. The van der Waals surface area contributed by atoms with E-state index in [9.17, 15) is 0 Å². The van der Waals surface area contributed by atoms with Crippen LogP contribution in [-0.2, 0) is 6.54 Å². The summed E-state index contributed by atoms with van der Waals surface area (Å²) in [7, 11) is 1.74. The normalized spacial score (nSPS) is 13.2. The first-order chi connectivity index (χ1) is 14.6. The molecule has 8 nitrogen and oxygen atoms in total. The fraction of sp³-hybridized carbons (Fsp3) is 0.318. The number of halogens is 1. The Balaban J connectivity index is 0.00000272. The smallest absolute Gasteiger partial charge is 0.195 e. The summed E-state index contributed by atoms with van der Waals surface area (Å²) in [5.74, 6) is 2.98. The van der Waals surface area contributed by atoms with E-state index in [-0.39, 0.29) is 24.0 Å². The Hall–Kier alpha value is -2.82. The van der Waals surface area contributed by atoms with E-state index in [4.69, 9.17) is 9.47 Å². The predicted molar refractivity (Wildman–Crippen MR) is 132 cm³/mol. The van der Waals surface area contributed by atoms with Gasteiger partial charge in [-0.2, -0.15) is 5.10 Å². The van der Waals surface area contributed by atoms with Crippen LogP contribution in [0.5, 0.6) is 11.5 Å². The molecule has 31 heavy (non-hydrogen) atoms. The van der Waals surface area contributed by atoms with Crippen molar-refractivity contribution < 1.29 is 9.47 Å². The number of fused-ring (bicyclic) bond motifs is 1. The van der Waals surface area contributed by atoms with Crippen LogP contribution in [0.4, 0.5) is 5.69 Å². The van der Waals surface area contributed by atoms with E-state index >= 15 is 0 Å². The van der Waals surface area contributed by atoms with Crippen molar-refractivity contribution in [1.29, 1.82) is 0 Å². The van der Waals surface area contributed by atoms with Crippen LogP contribution in [0.1, 0.15) is 23.4 Å². The molecule has 2 N–H and O–H groups in total. The Morgan fingerprint density at radius 3 is 2.58 bits per heavy atom. The molecule has 4 rings (SSSR count). The monoisotopic (exact) mass is 534 g/mol. The minimum absolute atomic E-state index is 0. The number of aryl methyl sites for hydroxylation is 2. The highest BCUT2D eigenvalue weighted by atomic mass is 127. The van der Waals surface area contributed by atoms with Gasteiger partial charge in [-0.3, -0.25) is 4.99 Å². The molecule has 0 amide bonds. The highest BCUT2D eigenvalue weighted by Crippen LogP contribution is 2.32. The van der Waals surface area contributed by atoms with Gasteiger partial charge in [0.25, 0.3) is 0 Å². The first-order valence-corrected chi connectivity index (χ1v) is 9.98. The number of anilines is 1. The first-order valence-electron chi connectivity index (χ1n) is 9.98. The van der Waals surface area contributed by atoms with Crippen molar-refractivity contribution in [2.45, 2.75) is 26.8 Å². The highest BCUT2D eigenvalue weighted by Gasteiger charge is 2.11. The van der Waals surface area contributed by atoms with E-state index in [2.05, 4.69) is 25.7 Å². The number of aliphatic imine (C=N–C) groups is 1. The zero-order valence-corrected chi connectivity index (χ0v) is 20.2. The topological polar surface area (TPSA) is 85.6 Å². The fourth-order valence-corrected chi connectivity index (χ4v) is 3.25. The van der Waals surface area contributed by atoms with Crippen LogP contribution in [-0.4, -0.2) is 41.0 Å². The Morgan fingerprint density at radius 2 is 1.90 bits per heavy atom. The third-order valence-corrected chi connectivity index (χ3v) is 4.73. The van der Waals surface area contributed by atoms with Crippen LogP contribution in [0, 0.1) is 13.8 Å². The lowest BCUT2D eigenvalue weighted by Gasteiger charge is -2.14. The number of guanidine groups is 1. The lowest BCUT2D eigenvalue weighted by molar-refractivity contribution is 0.297. The van der Waals surface area contributed by atoms with Crippen LogP contribution in [0.15, 0.2) is 47.6 Å². The number of nitrogens with one attached hydrogen (secondary N) is 2. The molecule has 2 aromatic heterocycles. The number of rotatable bonds is 4. The second-order valence-corrected chi connectivity index (χ2v) is 7.13. The number of pyridine rings is 1. The second kappa shape index (κ2) is 10.5. The van der Waals surface area contributed by atoms with Crippen LogP contribution >= 0.6 is 24.0 Å². The van der Waals surface area contributed by atoms with Gasteiger partial charge in [-0.25, -0.2) is 9.67 Å². The molecule has 0 radical (unpaired) electrons. The molecule has 0 saturated heterocycles. The van der Waals surface area contributed by atoms with E-state index in [1.807, 2.05) is 61.1 Å². The van der Waals surface area contributed by atoms with Gasteiger partial charge in [-0.1, -0.05) is 6.07 Å². The van der Waals surface area contributed by atoms with Crippen LogP contribution in [0.2, 0.25) is 0 Å². The Morgan fingerprint density at radius 1 is 1.10 bits per heavy atom. The summed E-state index contributed by atoms with van der Waals surface area (Å²) >= 11 is 0. The summed E-state index contributed by atoms with van der Waals surface area (Å²) in [6.45, 7) is 5.92. The van der Waals surface area contributed by atoms with E-state index < -0.39 is 0 Å². The Bertz CT molecular complexity index is 1050. The largest absolute Gasteiger partial charge is 0.490 e. The number of hydrogen-bond acceptors (Lipinski definition) is 5. The number of aromatic nitrogens is 3. The summed E-state index contributed by atoms with van der Waals surface area (Å²) in [6, 6.07) is 11.8. The molecule has 164 valence electrons. The molecule has 3 aromatic rings. The molecule has 1 aliphatic rings. The van der Waals surface area contributed by atoms with Gasteiger partial charge in [0.15, 0.2) is 23.3 Å². The summed E-state index contributed by atoms with van der Waals surface area (Å²) < 4.78 is 13.3. The molecule has 0 fully saturated rings. The zero-order chi connectivity index (χ0) is 20.9. The Kier molecular flexibility index (Phi) is 7.72. The average Bonchev–Trinajstić information content (AvgIpc) is 2.95. The lowest BCUT2D eigenvalue weighted by Crippen LogP contribution is -2.30. The van der Waals surface area contributed by atoms with Crippen molar-refractivity contribution >= 4 is 35.6 Å². The van der Waals surface area contributed by atoms with Crippen molar-refractivity contribution in [3.8, 4) is 17.3 Å². The van der Waals surface area contributed by atoms with E-state index in [0.717, 1.165) is 46.4 Å². The van der Waals surface area contributed by atoms with E-state index in [1.165, 1.54) is 0 Å². The van der Waals surface area contributed by atoms with Crippen LogP contribution < -0.4 is 20.1 Å². The van der Waals surface area contributed by atoms with Crippen molar-refractivity contribution in [3.05, 3.63) is 59.5 Å². The van der Waals surface area contributed by atoms with Gasteiger partial charge >= 0.3 is 0 Å². The summed E-state index contributed by atoms with van der Waals surface area (Å²) in [5, 5.41) is 11.1. The standard InChI is InChI=1S/C22H26N6O2.HI/c1-15-11-16(2)28(27-15)21-8-5-17(13-24-21)14-25-22(23-3)26-18-6-7-19-20(12-18)30-10-4-9-29-19;/h5-8,11-13H,4,9-10,14H2,1-3H3,(H2,23,25,26);1H. The van der Waals surface area contributed by atoms with Gasteiger partial charge < -0.3 is 20.1 Å². The highest BCUT2D eigenvalue weighted by molar-refractivity contribution is 14.0. The van der Waals surface area contributed by atoms with Gasteiger partial charge in [0, 0.05) is 43.7 Å². The molecule has 0 unspecified atom stereocenters. The maximum absolute atomic E-state index is 5.75. The van der Waals surface area contributed by atoms with Gasteiger partial charge in [-0.05, 0) is 43.7 Å². The molecule has 0 aliphatic carbocycles. The molecular weight excluding hydrogens is 507 g/mol. The molecular formula is C22H27IN6O2. The summed E-state index contributed by atoms with van der Waals surface area (Å²) in [5.41, 5.74) is 3.96. The van der Waals surface area contributed by atoms with Gasteiger partial charge in [0.2, 0.25) is 0 Å². The van der Waals surface area contributed by atoms with Crippen molar-refractivity contribution in [1.82, 2.24) is 20.1 Å². The van der Waals surface area contributed by atoms with Crippen molar-refractivity contribution in [2.75, 3.05) is 25.6 Å². The van der Waals surface area contributed by atoms with Crippen molar-refractivity contribution in [3.63, 3.8) is 0 Å². The molecule has 0 spiro atoms. The molecule has 9 heteroatoms. The molecule has 3 heterocycles. The second-order valence-electron chi connectivity index (χ2n) is 7.13. The SMILES string of the molecule is CN=C(NCc1ccc(-n2nc(C)cc2C)nc1)Nc1ccc2c(c1)OCCCO2.I. The zero-order valence-electron chi connectivity index (χ0n) is 17.9. The van der Waals surface area contributed by atoms with Crippen molar-refractivity contribution in [2.24, 2.45) is 4.99 Å². The van der Waals surface area contributed by atoms with Crippen LogP contribution in [0.25, 0.3) is 5.82 Å². The fourth-order valence-electron chi connectivity index (χ4n) is 3.25. The lowest BCUT2D eigenvalue weighted by atomic mass is 10.2. The van der Waals surface area contributed by atoms with E-state index in [1.54, 1.807) is 7.05 Å². The van der Waals surface area contributed by atoms with E-state index in [0.29, 0.717) is 25.7 Å². The molecule has 1 aliphatic heterocycles. The van der Waals surface area contributed by atoms with Gasteiger partial charge in [0.05, 0.1) is 18.9 Å². The molecule has 0 atom stereocenters. The van der Waals surface area contributed by atoms with Crippen LogP contribution in [0.3, 0.4) is 0 Å². The number of ether oxygens (including phenoxy) is 2. The number of nitrogens with zero attached hydrogens (tertiary/aromatic N) is 4. The minimum Gasteiger partial charge on any atom is -0.490 e. The third kappa shape index (κ3) is 5.66. The summed E-state index contributed by atoms with van der Waals surface area (Å²) in [4.78, 5) is 8.83. The maximum Gasteiger partial charge on any atom is 0.195 e. The molecule has 0 bridgehead atoms. The van der Waals surface area contributed by atoms with Gasteiger partial charge in [-0.15, -0.1) is 24.0 Å². The average molecular weight is 534 g/mol. The predicted octanol–water partition coefficient (Wildman–Crippen LogP) is 3.85. The number of hydrogen-bond donors (Lipinski definition) is 2. The molecule has 0 saturated carbocycles. The number of benzene rings is 1. The maximum atomic E-state index is 5.75.